The van der Waals surface area contributed by atoms with Crippen molar-refractivity contribution in [2.75, 3.05) is 0 Å². The van der Waals surface area contributed by atoms with Crippen LogP contribution in [-0.4, -0.2) is 14.6 Å². The van der Waals surface area contributed by atoms with Crippen molar-refractivity contribution in [1.29, 1.82) is 0 Å². The van der Waals surface area contributed by atoms with Gasteiger partial charge in [-0.2, -0.15) is 5.10 Å². The molecule has 78 valence electrons. The molecule has 4 heteroatoms. The minimum absolute atomic E-state index is 0.564. The van der Waals surface area contributed by atoms with Crippen LogP contribution < -0.4 is 0 Å². The van der Waals surface area contributed by atoms with Crippen molar-refractivity contribution in [3.05, 3.63) is 53.8 Å². The summed E-state index contributed by atoms with van der Waals surface area (Å²) in [5, 5.41) is 4.64. The molecule has 0 saturated heterocycles. The van der Waals surface area contributed by atoms with Gasteiger partial charge in [-0.15, -0.1) is 0 Å². The third-order valence-electron chi connectivity index (χ3n) is 2.39. The van der Waals surface area contributed by atoms with Crippen LogP contribution in [0.2, 0.25) is 5.15 Å². The summed E-state index contributed by atoms with van der Waals surface area (Å²) in [5.41, 5.74) is 2.66. The zero-order chi connectivity index (χ0) is 11.0. The summed E-state index contributed by atoms with van der Waals surface area (Å²) < 4.78 is 1.61. The van der Waals surface area contributed by atoms with E-state index in [0.29, 0.717) is 5.15 Å². The molecular weight excluding hydrogens is 222 g/mol. The van der Waals surface area contributed by atoms with Crippen LogP contribution in [0, 0.1) is 0 Å². The van der Waals surface area contributed by atoms with Crippen LogP contribution in [0.3, 0.4) is 0 Å². The lowest BCUT2D eigenvalue weighted by atomic mass is 10.1. The summed E-state index contributed by atoms with van der Waals surface area (Å²) in [4.78, 5) is 4.48. The highest BCUT2D eigenvalue weighted by atomic mass is 35.5. The number of hydrogen-bond acceptors (Lipinski definition) is 2. The molecule has 0 fully saturated rings. The van der Waals surface area contributed by atoms with Gasteiger partial charge in [0.05, 0.1) is 11.9 Å². The number of halogens is 1. The summed E-state index contributed by atoms with van der Waals surface area (Å²) in [5.74, 6) is 0. The molecule has 3 aromatic rings. The summed E-state index contributed by atoms with van der Waals surface area (Å²) in [6, 6.07) is 13.6. The van der Waals surface area contributed by atoms with Gasteiger partial charge in [-0.05, 0) is 0 Å². The second-order valence-corrected chi connectivity index (χ2v) is 3.82. The largest absolute Gasteiger partial charge is 0.228 e. The van der Waals surface area contributed by atoms with Crippen LogP contribution in [0.4, 0.5) is 0 Å². The molecule has 0 bridgehead atoms. The molecule has 2 heterocycles. The van der Waals surface area contributed by atoms with E-state index >= 15 is 0 Å². The van der Waals surface area contributed by atoms with Crippen molar-refractivity contribution in [3.8, 4) is 11.3 Å². The highest BCUT2D eigenvalue weighted by Gasteiger charge is 2.05. The molecule has 2 aromatic heterocycles. The van der Waals surface area contributed by atoms with E-state index in [1.165, 1.54) is 0 Å². The summed E-state index contributed by atoms with van der Waals surface area (Å²) >= 11 is 6.11. The van der Waals surface area contributed by atoms with Gasteiger partial charge in [-0.3, -0.25) is 0 Å². The maximum Gasteiger partial charge on any atom is 0.157 e. The Hall–Kier alpha value is -1.87. The third-order valence-corrected chi connectivity index (χ3v) is 2.65. The van der Waals surface area contributed by atoms with E-state index in [-0.39, 0.29) is 0 Å². The van der Waals surface area contributed by atoms with Crippen molar-refractivity contribution >= 4 is 17.2 Å². The van der Waals surface area contributed by atoms with Crippen molar-refractivity contribution in [2.45, 2.75) is 0 Å². The maximum absolute atomic E-state index is 6.11. The number of rotatable bonds is 1. The van der Waals surface area contributed by atoms with E-state index in [0.717, 1.165) is 16.9 Å². The lowest BCUT2D eigenvalue weighted by molar-refractivity contribution is 0.942. The molecule has 0 atom stereocenters. The van der Waals surface area contributed by atoms with Crippen molar-refractivity contribution in [2.24, 2.45) is 0 Å². The van der Waals surface area contributed by atoms with Gasteiger partial charge in [0.1, 0.15) is 5.15 Å². The Labute approximate surface area is 97.3 Å². The molecular formula is C12H8ClN3. The Bertz CT molecular complexity index is 631. The fraction of sp³-hybridized carbons (Fsp3) is 0. The standard InChI is InChI=1S/C12H8ClN3/c13-11-8-10(9-4-2-1-3-5-9)15-12-6-7-14-16(11)12/h1-8H. The van der Waals surface area contributed by atoms with Crippen LogP contribution in [0.25, 0.3) is 16.9 Å². The van der Waals surface area contributed by atoms with Gasteiger partial charge in [-0.1, -0.05) is 41.9 Å². The highest BCUT2D eigenvalue weighted by Crippen LogP contribution is 2.21. The molecule has 0 saturated carbocycles. The molecule has 0 aliphatic carbocycles. The van der Waals surface area contributed by atoms with Crippen molar-refractivity contribution in [1.82, 2.24) is 14.6 Å². The minimum atomic E-state index is 0.564. The molecule has 0 N–H and O–H groups in total. The number of benzene rings is 1. The second kappa shape index (κ2) is 3.61. The zero-order valence-corrected chi connectivity index (χ0v) is 9.09. The van der Waals surface area contributed by atoms with Crippen molar-refractivity contribution < 1.29 is 0 Å². The predicted octanol–water partition coefficient (Wildman–Crippen LogP) is 3.05. The van der Waals surface area contributed by atoms with Crippen LogP contribution >= 0.6 is 11.6 Å². The first-order valence-corrected chi connectivity index (χ1v) is 5.28. The first-order chi connectivity index (χ1) is 7.84. The van der Waals surface area contributed by atoms with E-state index in [4.69, 9.17) is 11.6 Å². The number of nitrogens with zero attached hydrogens (tertiary/aromatic N) is 3. The summed E-state index contributed by atoms with van der Waals surface area (Å²) in [7, 11) is 0. The molecule has 0 radical (unpaired) electrons. The monoisotopic (exact) mass is 229 g/mol. The lowest BCUT2D eigenvalue weighted by Crippen LogP contribution is -1.93. The SMILES string of the molecule is Clc1cc(-c2ccccc2)nc2ccnn12. The first kappa shape index (κ1) is 9.36. The van der Waals surface area contributed by atoms with Crippen LogP contribution in [0.5, 0.6) is 0 Å². The van der Waals surface area contributed by atoms with Gasteiger partial charge >= 0.3 is 0 Å². The molecule has 0 unspecified atom stereocenters. The van der Waals surface area contributed by atoms with Gasteiger partial charge in [0.2, 0.25) is 0 Å². The van der Waals surface area contributed by atoms with Gasteiger partial charge in [0.15, 0.2) is 5.65 Å². The van der Waals surface area contributed by atoms with E-state index in [9.17, 15) is 0 Å². The molecule has 1 aromatic carbocycles. The van der Waals surface area contributed by atoms with Crippen LogP contribution in [0.1, 0.15) is 0 Å². The van der Waals surface area contributed by atoms with Crippen LogP contribution in [0.15, 0.2) is 48.7 Å². The van der Waals surface area contributed by atoms with Crippen LogP contribution in [-0.2, 0) is 0 Å². The zero-order valence-electron chi connectivity index (χ0n) is 8.34. The second-order valence-electron chi connectivity index (χ2n) is 3.43. The topological polar surface area (TPSA) is 30.2 Å². The molecule has 0 aliphatic heterocycles. The Morgan fingerprint density at radius 1 is 1.06 bits per heavy atom. The smallest absolute Gasteiger partial charge is 0.157 e. The first-order valence-electron chi connectivity index (χ1n) is 4.90. The Morgan fingerprint density at radius 3 is 2.69 bits per heavy atom. The molecule has 3 nitrogen and oxygen atoms in total. The third kappa shape index (κ3) is 1.46. The average Bonchev–Trinajstić information content (AvgIpc) is 2.79. The van der Waals surface area contributed by atoms with E-state index in [1.54, 1.807) is 10.7 Å². The minimum Gasteiger partial charge on any atom is -0.228 e. The predicted molar refractivity (Wildman–Crippen MR) is 63.4 cm³/mol. The van der Waals surface area contributed by atoms with E-state index in [2.05, 4.69) is 10.1 Å². The Morgan fingerprint density at radius 2 is 1.88 bits per heavy atom. The Kier molecular flexibility index (Phi) is 2.11. The quantitative estimate of drug-likeness (QED) is 0.601. The fourth-order valence-corrected chi connectivity index (χ4v) is 1.87. The maximum atomic E-state index is 6.11. The van der Waals surface area contributed by atoms with Crippen molar-refractivity contribution in [3.63, 3.8) is 0 Å². The molecule has 0 amide bonds. The molecule has 3 rings (SSSR count). The van der Waals surface area contributed by atoms with E-state index < -0.39 is 0 Å². The average molecular weight is 230 g/mol. The van der Waals surface area contributed by atoms with Gasteiger partial charge in [-0.25, -0.2) is 9.50 Å². The van der Waals surface area contributed by atoms with Gasteiger partial charge in [0, 0.05) is 17.7 Å². The summed E-state index contributed by atoms with van der Waals surface area (Å²) in [6.45, 7) is 0. The highest BCUT2D eigenvalue weighted by molar-refractivity contribution is 6.30. The Balaban J connectivity index is 2.25. The number of fused-ring (bicyclic) bond motifs is 1. The molecule has 0 aliphatic rings. The van der Waals surface area contributed by atoms with Gasteiger partial charge in [0.25, 0.3) is 0 Å². The fourth-order valence-electron chi connectivity index (χ4n) is 1.63. The summed E-state index contributed by atoms with van der Waals surface area (Å²) in [6.07, 6.45) is 1.68. The lowest BCUT2D eigenvalue weighted by Gasteiger charge is -2.02. The van der Waals surface area contributed by atoms with Gasteiger partial charge < -0.3 is 0 Å². The molecule has 0 spiro atoms. The number of hydrogen-bond donors (Lipinski definition) is 0. The van der Waals surface area contributed by atoms with E-state index in [1.807, 2.05) is 42.5 Å². The molecule has 16 heavy (non-hydrogen) atoms. The normalized spacial score (nSPS) is 10.8. The number of aromatic nitrogens is 3.